The molecule has 68 valence electrons. The first kappa shape index (κ1) is 11.4. The number of thioether (sulfide) groups is 1. The summed E-state index contributed by atoms with van der Waals surface area (Å²) < 4.78 is 0. The van der Waals surface area contributed by atoms with Crippen molar-refractivity contribution < 1.29 is 9.90 Å². The van der Waals surface area contributed by atoms with Crippen LogP contribution in [-0.4, -0.2) is 22.1 Å². The van der Waals surface area contributed by atoms with Crippen molar-refractivity contribution >= 4 is 17.7 Å². The number of carboxylic acids is 1. The van der Waals surface area contributed by atoms with Crippen LogP contribution in [0.1, 0.15) is 20.8 Å². The Labute approximate surface area is 77.7 Å². The van der Waals surface area contributed by atoms with Crippen LogP contribution in [0.3, 0.4) is 0 Å². The van der Waals surface area contributed by atoms with Gasteiger partial charge in [-0.3, -0.25) is 4.79 Å². The van der Waals surface area contributed by atoms with Gasteiger partial charge < -0.3 is 5.11 Å². The van der Waals surface area contributed by atoms with Crippen molar-refractivity contribution in [3.8, 4) is 11.8 Å². The fourth-order valence-electron chi connectivity index (χ4n) is 0.753. The third-order valence-electron chi connectivity index (χ3n) is 1.36. The van der Waals surface area contributed by atoms with Crippen LogP contribution in [0.15, 0.2) is 0 Å². The van der Waals surface area contributed by atoms with Gasteiger partial charge in [0.2, 0.25) is 0 Å². The summed E-state index contributed by atoms with van der Waals surface area (Å²) in [7, 11) is 0. The lowest BCUT2D eigenvalue weighted by molar-refractivity contribution is -0.137. The van der Waals surface area contributed by atoms with Gasteiger partial charge in [-0.1, -0.05) is 19.8 Å². The van der Waals surface area contributed by atoms with Gasteiger partial charge in [0.15, 0.2) is 0 Å². The fourth-order valence-corrected chi connectivity index (χ4v) is 1.69. The molecule has 0 aliphatic carbocycles. The van der Waals surface area contributed by atoms with Crippen LogP contribution in [-0.2, 0) is 4.79 Å². The minimum absolute atomic E-state index is 0.158. The Balaban J connectivity index is 3.94. The quantitative estimate of drug-likeness (QED) is 0.681. The van der Waals surface area contributed by atoms with Crippen LogP contribution in [0.4, 0.5) is 0 Å². The molecule has 1 unspecified atom stereocenters. The summed E-state index contributed by atoms with van der Waals surface area (Å²) in [5.41, 5.74) is 0. The second-order valence-corrected chi connectivity index (χ2v) is 3.87. The predicted octanol–water partition coefficient (Wildman–Crippen LogP) is 1.85. The molecule has 1 N–H and O–H groups in total. The number of aliphatic carboxylic acids is 1. The standard InChI is InChI=1S/C9H14O2S/c1-4-5-6-12-8(7(2)3)9(10)11/h7-8H,6H2,1-3H3,(H,10,11). The van der Waals surface area contributed by atoms with Crippen molar-refractivity contribution in [3.63, 3.8) is 0 Å². The minimum Gasteiger partial charge on any atom is -0.480 e. The molecule has 0 saturated heterocycles. The van der Waals surface area contributed by atoms with Crippen LogP contribution in [0.25, 0.3) is 0 Å². The van der Waals surface area contributed by atoms with E-state index in [0.29, 0.717) is 5.75 Å². The SMILES string of the molecule is CC#CCSC(C(=O)O)C(C)C. The number of carbonyl (C=O) groups is 1. The molecule has 0 aromatic rings. The summed E-state index contributed by atoms with van der Waals surface area (Å²) in [4.78, 5) is 10.7. The summed E-state index contributed by atoms with van der Waals surface area (Å²) in [6, 6.07) is 0. The van der Waals surface area contributed by atoms with Crippen molar-refractivity contribution in [2.75, 3.05) is 5.75 Å². The lowest BCUT2D eigenvalue weighted by Gasteiger charge is -2.13. The molecule has 0 heterocycles. The van der Waals surface area contributed by atoms with E-state index < -0.39 is 5.97 Å². The molecule has 0 radical (unpaired) electrons. The lowest BCUT2D eigenvalue weighted by Crippen LogP contribution is -2.22. The first-order valence-electron chi connectivity index (χ1n) is 3.83. The highest BCUT2D eigenvalue weighted by Gasteiger charge is 2.20. The molecule has 0 aliphatic rings. The molecule has 0 aliphatic heterocycles. The number of hydrogen-bond acceptors (Lipinski definition) is 2. The highest BCUT2D eigenvalue weighted by Crippen LogP contribution is 2.18. The summed E-state index contributed by atoms with van der Waals surface area (Å²) in [6.07, 6.45) is 0. The largest absolute Gasteiger partial charge is 0.480 e. The summed E-state index contributed by atoms with van der Waals surface area (Å²) in [6.45, 7) is 5.57. The average molecular weight is 186 g/mol. The Kier molecular flexibility index (Phi) is 5.65. The Hall–Kier alpha value is -0.620. The van der Waals surface area contributed by atoms with E-state index in [9.17, 15) is 4.79 Å². The zero-order valence-electron chi connectivity index (χ0n) is 7.63. The molecule has 0 aromatic carbocycles. The number of carboxylic acid groups (broad SMARTS) is 1. The van der Waals surface area contributed by atoms with E-state index in [2.05, 4.69) is 11.8 Å². The van der Waals surface area contributed by atoms with E-state index in [-0.39, 0.29) is 11.2 Å². The molecule has 12 heavy (non-hydrogen) atoms. The van der Waals surface area contributed by atoms with Gasteiger partial charge >= 0.3 is 5.97 Å². The number of hydrogen-bond donors (Lipinski definition) is 1. The maximum absolute atomic E-state index is 10.7. The highest BCUT2D eigenvalue weighted by atomic mass is 32.2. The topological polar surface area (TPSA) is 37.3 Å². The predicted molar refractivity (Wildman–Crippen MR) is 52.2 cm³/mol. The molecule has 0 spiro atoms. The van der Waals surface area contributed by atoms with Crippen LogP contribution in [0.5, 0.6) is 0 Å². The molecule has 2 nitrogen and oxygen atoms in total. The van der Waals surface area contributed by atoms with E-state index in [0.717, 1.165) is 0 Å². The van der Waals surface area contributed by atoms with Crippen LogP contribution < -0.4 is 0 Å². The molecule has 3 heteroatoms. The van der Waals surface area contributed by atoms with Crippen molar-refractivity contribution in [1.82, 2.24) is 0 Å². The molecule has 0 fully saturated rings. The molecule has 1 atom stereocenters. The Morgan fingerprint density at radius 3 is 2.50 bits per heavy atom. The molecule has 0 amide bonds. The molecular weight excluding hydrogens is 172 g/mol. The molecule has 0 saturated carbocycles. The first-order valence-corrected chi connectivity index (χ1v) is 4.88. The Morgan fingerprint density at radius 1 is 1.58 bits per heavy atom. The van der Waals surface area contributed by atoms with Gasteiger partial charge in [0.25, 0.3) is 0 Å². The van der Waals surface area contributed by atoms with Gasteiger partial charge in [0.1, 0.15) is 5.25 Å². The van der Waals surface area contributed by atoms with Crippen molar-refractivity contribution in [2.45, 2.75) is 26.0 Å². The molecule has 0 bridgehead atoms. The van der Waals surface area contributed by atoms with Gasteiger partial charge in [0.05, 0.1) is 5.75 Å². The maximum atomic E-state index is 10.7. The van der Waals surface area contributed by atoms with E-state index >= 15 is 0 Å². The van der Waals surface area contributed by atoms with Crippen molar-refractivity contribution in [3.05, 3.63) is 0 Å². The third kappa shape index (κ3) is 4.30. The van der Waals surface area contributed by atoms with Crippen molar-refractivity contribution in [1.29, 1.82) is 0 Å². The second-order valence-electron chi connectivity index (χ2n) is 2.74. The summed E-state index contributed by atoms with van der Waals surface area (Å²) in [5.74, 6) is 5.59. The molecule has 0 rings (SSSR count). The second kappa shape index (κ2) is 5.96. The van der Waals surface area contributed by atoms with E-state index in [4.69, 9.17) is 5.11 Å². The zero-order valence-corrected chi connectivity index (χ0v) is 8.44. The summed E-state index contributed by atoms with van der Waals surface area (Å²) >= 11 is 1.39. The zero-order chi connectivity index (χ0) is 9.56. The smallest absolute Gasteiger partial charge is 0.316 e. The van der Waals surface area contributed by atoms with Crippen molar-refractivity contribution in [2.24, 2.45) is 5.92 Å². The van der Waals surface area contributed by atoms with E-state index in [1.807, 2.05) is 13.8 Å². The third-order valence-corrected chi connectivity index (χ3v) is 2.78. The van der Waals surface area contributed by atoms with Gasteiger partial charge in [-0.2, -0.15) is 0 Å². The maximum Gasteiger partial charge on any atom is 0.316 e. The first-order chi connectivity index (χ1) is 5.59. The van der Waals surface area contributed by atoms with Gasteiger partial charge in [0, 0.05) is 0 Å². The van der Waals surface area contributed by atoms with Crippen LogP contribution >= 0.6 is 11.8 Å². The molecular formula is C9H14O2S. The van der Waals surface area contributed by atoms with Gasteiger partial charge in [-0.05, 0) is 12.8 Å². The molecule has 0 aromatic heterocycles. The highest BCUT2D eigenvalue weighted by molar-refractivity contribution is 8.00. The van der Waals surface area contributed by atoms with Gasteiger partial charge in [-0.25, -0.2) is 0 Å². The monoisotopic (exact) mass is 186 g/mol. The van der Waals surface area contributed by atoms with Gasteiger partial charge in [-0.15, -0.1) is 17.7 Å². The lowest BCUT2D eigenvalue weighted by atomic mass is 10.1. The average Bonchev–Trinajstić information content (AvgIpc) is 1.96. The van der Waals surface area contributed by atoms with E-state index in [1.165, 1.54) is 11.8 Å². The van der Waals surface area contributed by atoms with Crippen LogP contribution in [0.2, 0.25) is 0 Å². The number of rotatable bonds is 4. The van der Waals surface area contributed by atoms with E-state index in [1.54, 1.807) is 6.92 Å². The van der Waals surface area contributed by atoms with Crippen LogP contribution in [0, 0.1) is 17.8 Å². The fraction of sp³-hybridized carbons (Fsp3) is 0.667. The normalized spacial score (nSPS) is 12.0. The Morgan fingerprint density at radius 2 is 2.17 bits per heavy atom. The minimum atomic E-state index is -0.743. The summed E-state index contributed by atoms with van der Waals surface area (Å²) in [5, 5.41) is 8.45. The Bertz CT molecular complexity index is 200.